The van der Waals surface area contributed by atoms with E-state index >= 15 is 0 Å². The number of unbranched alkanes of at least 4 members (excludes halogenated alkanes) is 1. The summed E-state index contributed by atoms with van der Waals surface area (Å²) in [5.74, 6) is -1.00. The predicted octanol–water partition coefficient (Wildman–Crippen LogP) is 7.39. The number of benzene rings is 4. The number of carboxylic acid groups (broad SMARTS) is 1. The molecule has 2 N–H and O–H groups in total. The van der Waals surface area contributed by atoms with Gasteiger partial charge in [-0.15, -0.1) is 0 Å². The number of fused-ring (bicyclic) bond motifs is 2. The number of hydrogen-bond acceptors (Lipinski definition) is 4. The second kappa shape index (κ2) is 11.6. The SMILES string of the molecule is C[C@@H](NC(=O)c1ccc2nc(-c3ccc(Cl)cc3)c(CCCCC(=O)O)nc2c1)c1ccc2ccccc2c1. The fourth-order valence-corrected chi connectivity index (χ4v) is 4.78. The summed E-state index contributed by atoms with van der Waals surface area (Å²) in [4.78, 5) is 33.9. The fraction of sp³-hybridized carbons (Fsp3) is 0.188. The molecule has 0 bridgehead atoms. The topological polar surface area (TPSA) is 92.2 Å². The molecule has 0 spiro atoms. The minimum atomic E-state index is -0.814. The highest BCUT2D eigenvalue weighted by atomic mass is 35.5. The molecule has 0 fully saturated rings. The Morgan fingerprint density at radius 3 is 2.41 bits per heavy atom. The van der Waals surface area contributed by atoms with Crippen LogP contribution in [0.1, 0.15) is 53.8 Å². The lowest BCUT2D eigenvalue weighted by atomic mass is 10.0. The number of aromatic nitrogens is 2. The summed E-state index contributed by atoms with van der Waals surface area (Å²) in [6.45, 7) is 1.97. The first-order valence-corrected chi connectivity index (χ1v) is 13.3. The second-order valence-electron chi connectivity index (χ2n) is 9.63. The molecule has 0 radical (unpaired) electrons. The van der Waals surface area contributed by atoms with Gasteiger partial charge >= 0.3 is 5.97 Å². The van der Waals surface area contributed by atoms with Gasteiger partial charge in [0, 0.05) is 22.6 Å². The molecule has 0 aliphatic carbocycles. The minimum Gasteiger partial charge on any atom is -0.481 e. The smallest absolute Gasteiger partial charge is 0.303 e. The van der Waals surface area contributed by atoms with Crippen LogP contribution >= 0.6 is 11.6 Å². The molecule has 39 heavy (non-hydrogen) atoms. The Hall–Kier alpha value is -4.29. The molecule has 0 aliphatic heterocycles. The van der Waals surface area contributed by atoms with Gasteiger partial charge in [0.15, 0.2) is 0 Å². The Morgan fingerprint density at radius 1 is 0.872 bits per heavy atom. The van der Waals surface area contributed by atoms with E-state index in [9.17, 15) is 9.59 Å². The van der Waals surface area contributed by atoms with Crippen molar-refractivity contribution in [2.24, 2.45) is 0 Å². The highest BCUT2D eigenvalue weighted by molar-refractivity contribution is 6.30. The maximum absolute atomic E-state index is 13.2. The Bertz CT molecular complexity index is 1670. The number of carbonyl (C=O) groups excluding carboxylic acids is 1. The number of halogens is 1. The van der Waals surface area contributed by atoms with Crippen molar-refractivity contribution in [3.05, 3.63) is 107 Å². The largest absolute Gasteiger partial charge is 0.481 e. The Labute approximate surface area is 231 Å². The second-order valence-corrected chi connectivity index (χ2v) is 10.1. The van der Waals surface area contributed by atoms with Crippen LogP contribution < -0.4 is 5.32 Å². The predicted molar refractivity (Wildman–Crippen MR) is 155 cm³/mol. The van der Waals surface area contributed by atoms with Gasteiger partial charge in [0.1, 0.15) is 0 Å². The molecule has 1 atom stereocenters. The van der Waals surface area contributed by atoms with Crippen LogP contribution in [0.2, 0.25) is 5.02 Å². The maximum atomic E-state index is 13.2. The number of aryl methyl sites for hydroxylation is 1. The molecule has 0 aliphatic rings. The van der Waals surface area contributed by atoms with Gasteiger partial charge in [-0.2, -0.15) is 0 Å². The normalized spacial score (nSPS) is 11.9. The highest BCUT2D eigenvalue weighted by Crippen LogP contribution is 2.27. The summed E-state index contributed by atoms with van der Waals surface area (Å²) < 4.78 is 0. The quantitative estimate of drug-likeness (QED) is 0.191. The van der Waals surface area contributed by atoms with Gasteiger partial charge in [0.25, 0.3) is 5.91 Å². The molecule has 6 nitrogen and oxygen atoms in total. The summed E-state index contributed by atoms with van der Waals surface area (Å²) in [5, 5.41) is 15.0. The van der Waals surface area contributed by atoms with Gasteiger partial charge in [0.2, 0.25) is 0 Å². The molecule has 4 aromatic carbocycles. The lowest BCUT2D eigenvalue weighted by molar-refractivity contribution is -0.137. The third-order valence-corrected chi connectivity index (χ3v) is 7.04. The van der Waals surface area contributed by atoms with Gasteiger partial charge in [-0.1, -0.05) is 60.1 Å². The van der Waals surface area contributed by atoms with Crippen LogP contribution in [0.15, 0.2) is 84.9 Å². The molecule has 1 heterocycles. The summed E-state index contributed by atoms with van der Waals surface area (Å²) in [7, 11) is 0. The van der Waals surface area contributed by atoms with Gasteiger partial charge in [0.05, 0.1) is 28.5 Å². The Kier molecular flexibility index (Phi) is 7.84. The number of aliphatic carboxylic acids is 1. The molecule has 0 unspecified atom stereocenters. The van der Waals surface area contributed by atoms with Crippen LogP contribution in [0.4, 0.5) is 0 Å². The Balaban J connectivity index is 1.41. The van der Waals surface area contributed by atoms with E-state index in [0.717, 1.165) is 33.3 Å². The zero-order chi connectivity index (χ0) is 27.4. The number of rotatable bonds is 9. The first kappa shape index (κ1) is 26.3. The van der Waals surface area contributed by atoms with E-state index in [1.807, 2.05) is 43.3 Å². The van der Waals surface area contributed by atoms with Crippen molar-refractivity contribution in [3.63, 3.8) is 0 Å². The first-order valence-electron chi connectivity index (χ1n) is 13.0. The number of nitrogens with one attached hydrogen (secondary N) is 1. The van der Waals surface area contributed by atoms with Crippen LogP contribution in [0, 0.1) is 0 Å². The van der Waals surface area contributed by atoms with Gasteiger partial charge in [-0.25, -0.2) is 9.97 Å². The number of nitrogens with zero attached hydrogens (tertiary/aromatic N) is 2. The van der Waals surface area contributed by atoms with E-state index in [-0.39, 0.29) is 18.4 Å². The van der Waals surface area contributed by atoms with Crippen molar-refractivity contribution in [1.82, 2.24) is 15.3 Å². The van der Waals surface area contributed by atoms with Crippen molar-refractivity contribution in [2.75, 3.05) is 0 Å². The molecule has 5 aromatic rings. The van der Waals surface area contributed by atoms with Crippen molar-refractivity contribution in [3.8, 4) is 11.3 Å². The molecule has 5 rings (SSSR count). The lowest BCUT2D eigenvalue weighted by Crippen LogP contribution is -2.26. The molecule has 1 amide bonds. The van der Waals surface area contributed by atoms with Crippen molar-refractivity contribution in [1.29, 1.82) is 0 Å². The van der Waals surface area contributed by atoms with Gasteiger partial charge < -0.3 is 10.4 Å². The number of carbonyl (C=O) groups is 2. The molecule has 196 valence electrons. The zero-order valence-electron chi connectivity index (χ0n) is 21.5. The summed E-state index contributed by atoms with van der Waals surface area (Å²) >= 11 is 6.08. The Morgan fingerprint density at radius 2 is 1.64 bits per heavy atom. The molecule has 1 aromatic heterocycles. The van der Waals surface area contributed by atoms with Crippen LogP contribution in [0.5, 0.6) is 0 Å². The molecular weight excluding hydrogens is 510 g/mol. The summed E-state index contributed by atoms with van der Waals surface area (Å²) in [6, 6.07) is 26.9. The van der Waals surface area contributed by atoms with Crippen molar-refractivity contribution in [2.45, 2.75) is 38.6 Å². The van der Waals surface area contributed by atoms with Crippen LogP contribution in [-0.2, 0) is 11.2 Å². The highest BCUT2D eigenvalue weighted by Gasteiger charge is 2.16. The fourth-order valence-electron chi connectivity index (χ4n) is 4.65. The van der Waals surface area contributed by atoms with E-state index in [1.165, 1.54) is 0 Å². The van der Waals surface area contributed by atoms with E-state index in [1.54, 1.807) is 24.3 Å². The standard InChI is InChI=1S/C32H28ClN3O3/c1-20(23-11-10-21-6-2-3-7-24(21)18-23)34-32(39)25-14-17-27-29(19-25)35-28(8-4-5-9-30(37)38)31(36-27)22-12-15-26(33)16-13-22/h2-3,6-7,10-20H,4-5,8-9H2,1H3,(H,34,39)(H,37,38)/t20-/m1/s1. The monoisotopic (exact) mass is 537 g/mol. The number of carboxylic acids is 1. The van der Waals surface area contributed by atoms with Gasteiger partial charge in [-0.05, 0) is 78.9 Å². The van der Waals surface area contributed by atoms with E-state index in [4.69, 9.17) is 26.7 Å². The summed E-state index contributed by atoms with van der Waals surface area (Å²) in [5.41, 5.74) is 5.20. The number of hydrogen-bond donors (Lipinski definition) is 2. The maximum Gasteiger partial charge on any atom is 0.303 e. The number of amides is 1. The van der Waals surface area contributed by atoms with Crippen LogP contribution in [0.25, 0.3) is 33.1 Å². The summed E-state index contributed by atoms with van der Waals surface area (Å²) in [6.07, 6.45) is 1.89. The van der Waals surface area contributed by atoms with Crippen molar-refractivity contribution >= 4 is 45.3 Å². The molecule has 0 saturated heterocycles. The first-order chi connectivity index (χ1) is 18.9. The van der Waals surface area contributed by atoms with Crippen molar-refractivity contribution < 1.29 is 14.7 Å². The third kappa shape index (κ3) is 6.24. The molecule has 7 heteroatoms. The van der Waals surface area contributed by atoms with E-state index < -0.39 is 5.97 Å². The average molecular weight is 538 g/mol. The lowest BCUT2D eigenvalue weighted by Gasteiger charge is -2.16. The molecular formula is C32H28ClN3O3. The van der Waals surface area contributed by atoms with E-state index in [2.05, 4.69) is 29.6 Å². The zero-order valence-corrected chi connectivity index (χ0v) is 22.3. The molecule has 0 saturated carbocycles. The van der Waals surface area contributed by atoms with Gasteiger partial charge in [-0.3, -0.25) is 9.59 Å². The van der Waals surface area contributed by atoms with Crippen LogP contribution in [-0.4, -0.2) is 27.0 Å². The third-order valence-electron chi connectivity index (χ3n) is 6.79. The average Bonchev–Trinajstić information content (AvgIpc) is 2.94. The van der Waals surface area contributed by atoms with Crippen LogP contribution in [0.3, 0.4) is 0 Å². The van der Waals surface area contributed by atoms with E-state index in [0.29, 0.717) is 40.9 Å². The minimum absolute atomic E-state index is 0.108.